The summed E-state index contributed by atoms with van der Waals surface area (Å²) in [6.07, 6.45) is -0.236. The van der Waals surface area contributed by atoms with Gasteiger partial charge in [0, 0.05) is 6.61 Å². The average molecular weight is 196 g/mol. The molecule has 0 fully saturated rings. The largest absolute Gasteiger partial charge is 0.491 e. The molecule has 0 radical (unpaired) electrons. The van der Waals surface area contributed by atoms with Crippen molar-refractivity contribution in [3.8, 4) is 5.75 Å². The van der Waals surface area contributed by atoms with Gasteiger partial charge in [-0.3, -0.25) is 0 Å². The molecule has 3 heteroatoms. The Hall–Kier alpha value is -1.06. The van der Waals surface area contributed by atoms with E-state index in [0.717, 1.165) is 5.75 Å². The maximum Gasteiger partial charge on any atom is 0.119 e. The summed E-state index contributed by atoms with van der Waals surface area (Å²) in [5.74, 6) is 0.797. The average Bonchev–Trinajstić information content (AvgIpc) is 2.25. The number of hydrogen-bond acceptors (Lipinski definition) is 3. The molecule has 1 aromatic carbocycles. The van der Waals surface area contributed by atoms with Gasteiger partial charge in [-0.1, -0.05) is 18.2 Å². The van der Waals surface area contributed by atoms with Crippen molar-refractivity contribution in [2.24, 2.45) is 0 Å². The maximum atomic E-state index is 8.93. The zero-order valence-electron chi connectivity index (χ0n) is 8.35. The zero-order valence-corrected chi connectivity index (χ0v) is 8.35. The fourth-order valence-electron chi connectivity index (χ4n) is 1.10. The Morgan fingerprint density at radius 2 is 2.00 bits per heavy atom. The summed E-state index contributed by atoms with van der Waals surface area (Å²) in [7, 11) is 0. The van der Waals surface area contributed by atoms with Crippen LogP contribution in [0.25, 0.3) is 0 Å². The Kier molecular flexibility index (Phi) is 5.04. The molecule has 0 aliphatic heterocycles. The van der Waals surface area contributed by atoms with Crippen molar-refractivity contribution in [1.82, 2.24) is 0 Å². The van der Waals surface area contributed by atoms with Gasteiger partial charge < -0.3 is 14.6 Å². The molecular formula is C11H16O3. The second kappa shape index (κ2) is 6.40. The number of aliphatic hydroxyl groups is 1. The molecule has 0 aliphatic carbocycles. The molecular weight excluding hydrogens is 180 g/mol. The minimum Gasteiger partial charge on any atom is -0.491 e. The molecule has 0 aliphatic rings. The summed E-state index contributed by atoms with van der Waals surface area (Å²) in [5, 5.41) is 8.93. The Morgan fingerprint density at radius 3 is 2.57 bits per heavy atom. The van der Waals surface area contributed by atoms with E-state index in [1.54, 1.807) is 0 Å². The fraction of sp³-hybridized carbons (Fsp3) is 0.455. The maximum absolute atomic E-state index is 8.93. The molecule has 0 aromatic heterocycles. The van der Waals surface area contributed by atoms with Gasteiger partial charge in [0.05, 0.1) is 6.61 Å². The summed E-state index contributed by atoms with van der Waals surface area (Å²) in [6, 6.07) is 9.49. The quantitative estimate of drug-likeness (QED) is 0.748. The van der Waals surface area contributed by atoms with E-state index in [1.165, 1.54) is 0 Å². The van der Waals surface area contributed by atoms with Crippen LogP contribution in [-0.2, 0) is 4.74 Å². The van der Waals surface area contributed by atoms with Crippen molar-refractivity contribution in [2.45, 2.75) is 13.0 Å². The second-order valence-electron chi connectivity index (χ2n) is 2.88. The lowest BCUT2D eigenvalue weighted by molar-refractivity contribution is -0.00763. The first-order chi connectivity index (χ1) is 6.86. The minimum absolute atomic E-state index is 0.0132. The number of ether oxygens (including phenoxy) is 2. The van der Waals surface area contributed by atoms with Crippen molar-refractivity contribution in [3.05, 3.63) is 30.3 Å². The predicted octanol–water partition coefficient (Wildman–Crippen LogP) is 1.46. The predicted molar refractivity (Wildman–Crippen MR) is 54.4 cm³/mol. The van der Waals surface area contributed by atoms with E-state index in [0.29, 0.717) is 13.2 Å². The SMILES string of the molecule is CCOC(CO)COc1ccccc1. The third kappa shape index (κ3) is 3.77. The molecule has 0 saturated heterocycles. The van der Waals surface area contributed by atoms with E-state index in [2.05, 4.69) is 0 Å². The van der Waals surface area contributed by atoms with E-state index in [4.69, 9.17) is 14.6 Å². The van der Waals surface area contributed by atoms with Gasteiger partial charge in [0.1, 0.15) is 18.5 Å². The van der Waals surface area contributed by atoms with Crippen LogP contribution in [0.2, 0.25) is 0 Å². The molecule has 78 valence electrons. The lowest BCUT2D eigenvalue weighted by atomic mass is 10.3. The van der Waals surface area contributed by atoms with Gasteiger partial charge in [-0.15, -0.1) is 0 Å². The van der Waals surface area contributed by atoms with Crippen LogP contribution in [-0.4, -0.2) is 31.0 Å². The van der Waals surface area contributed by atoms with Gasteiger partial charge in [-0.2, -0.15) is 0 Å². The number of aliphatic hydroxyl groups excluding tert-OH is 1. The van der Waals surface area contributed by atoms with Crippen molar-refractivity contribution in [2.75, 3.05) is 19.8 Å². The number of para-hydroxylation sites is 1. The molecule has 0 amide bonds. The number of rotatable bonds is 6. The van der Waals surface area contributed by atoms with Crippen molar-refractivity contribution >= 4 is 0 Å². The first kappa shape index (κ1) is 11.0. The molecule has 1 aromatic rings. The highest BCUT2D eigenvalue weighted by molar-refractivity contribution is 5.20. The van der Waals surface area contributed by atoms with E-state index >= 15 is 0 Å². The van der Waals surface area contributed by atoms with Gasteiger partial charge in [0.25, 0.3) is 0 Å². The smallest absolute Gasteiger partial charge is 0.119 e. The first-order valence-corrected chi connectivity index (χ1v) is 4.77. The monoisotopic (exact) mass is 196 g/mol. The summed E-state index contributed by atoms with van der Waals surface area (Å²) in [4.78, 5) is 0. The molecule has 14 heavy (non-hydrogen) atoms. The van der Waals surface area contributed by atoms with Crippen molar-refractivity contribution in [3.63, 3.8) is 0 Å². The van der Waals surface area contributed by atoms with E-state index in [-0.39, 0.29) is 12.7 Å². The Labute approximate surface area is 84.3 Å². The third-order valence-corrected chi connectivity index (χ3v) is 1.79. The molecule has 0 spiro atoms. The Balaban J connectivity index is 2.32. The van der Waals surface area contributed by atoms with Crippen molar-refractivity contribution in [1.29, 1.82) is 0 Å². The topological polar surface area (TPSA) is 38.7 Å². The Bertz CT molecular complexity index is 236. The van der Waals surface area contributed by atoms with Crippen LogP contribution in [0.3, 0.4) is 0 Å². The number of hydrogen-bond donors (Lipinski definition) is 1. The zero-order chi connectivity index (χ0) is 10.2. The molecule has 3 nitrogen and oxygen atoms in total. The van der Waals surface area contributed by atoms with Crippen LogP contribution in [0, 0.1) is 0 Å². The van der Waals surface area contributed by atoms with Gasteiger partial charge in [0.2, 0.25) is 0 Å². The summed E-state index contributed by atoms with van der Waals surface area (Å²) < 4.78 is 10.7. The molecule has 1 rings (SSSR count). The van der Waals surface area contributed by atoms with Crippen LogP contribution >= 0.6 is 0 Å². The van der Waals surface area contributed by atoms with E-state index < -0.39 is 0 Å². The van der Waals surface area contributed by atoms with Gasteiger partial charge in [0.15, 0.2) is 0 Å². The Morgan fingerprint density at radius 1 is 1.29 bits per heavy atom. The highest BCUT2D eigenvalue weighted by Crippen LogP contribution is 2.08. The van der Waals surface area contributed by atoms with Crippen LogP contribution in [0.1, 0.15) is 6.92 Å². The summed E-state index contributed by atoms with van der Waals surface area (Å²) in [6.45, 7) is 2.85. The second-order valence-corrected chi connectivity index (χ2v) is 2.88. The molecule has 1 N–H and O–H groups in total. The highest BCUT2D eigenvalue weighted by atomic mass is 16.5. The highest BCUT2D eigenvalue weighted by Gasteiger charge is 2.06. The van der Waals surface area contributed by atoms with E-state index in [9.17, 15) is 0 Å². The summed E-state index contributed by atoms with van der Waals surface area (Å²) in [5.41, 5.74) is 0. The van der Waals surface area contributed by atoms with Gasteiger partial charge in [-0.25, -0.2) is 0 Å². The van der Waals surface area contributed by atoms with E-state index in [1.807, 2.05) is 37.3 Å². The fourth-order valence-corrected chi connectivity index (χ4v) is 1.10. The minimum atomic E-state index is -0.236. The van der Waals surface area contributed by atoms with Gasteiger partial charge >= 0.3 is 0 Å². The van der Waals surface area contributed by atoms with Crippen LogP contribution in [0.5, 0.6) is 5.75 Å². The normalized spacial score (nSPS) is 12.4. The number of benzene rings is 1. The van der Waals surface area contributed by atoms with Crippen molar-refractivity contribution < 1.29 is 14.6 Å². The molecule has 1 unspecified atom stereocenters. The molecule has 0 heterocycles. The van der Waals surface area contributed by atoms with Crippen LogP contribution < -0.4 is 4.74 Å². The lowest BCUT2D eigenvalue weighted by Crippen LogP contribution is -2.25. The molecule has 1 atom stereocenters. The third-order valence-electron chi connectivity index (χ3n) is 1.79. The first-order valence-electron chi connectivity index (χ1n) is 4.77. The summed E-state index contributed by atoms with van der Waals surface area (Å²) >= 11 is 0. The lowest BCUT2D eigenvalue weighted by Gasteiger charge is -2.14. The van der Waals surface area contributed by atoms with Gasteiger partial charge in [-0.05, 0) is 19.1 Å². The standard InChI is InChI=1S/C11H16O3/c1-2-13-11(8-12)9-14-10-6-4-3-5-7-10/h3-7,11-12H,2,8-9H2,1H3. The molecule has 0 bridgehead atoms. The van der Waals surface area contributed by atoms with Crippen LogP contribution in [0.4, 0.5) is 0 Å². The molecule has 0 saturated carbocycles. The van der Waals surface area contributed by atoms with Crippen LogP contribution in [0.15, 0.2) is 30.3 Å².